The molecule has 0 spiro atoms. The van der Waals surface area contributed by atoms with Gasteiger partial charge in [-0.2, -0.15) is 5.10 Å². The maximum Gasteiger partial charge on any atom is 0.272 e. The van der Waals surface area contributed by atoms with Crippen molar-refractivity contribution in [2.75, 3.05) is 26.8 Å². The Hall–Kier alpha value is -2.70. The fourth-order valence-corrected chi connectivity index (χ4v) is 4.45. The van der Waals surface area contributed by atoms with Gasteiger partial charge >= 0.3 is 0 Å². The molecular weight excluding hydrogens is 400 g/mol. The standard InChI is InChI=1S/C26H34N4O2/c1-19(2)11-15-30-24-12-14-29(17-21-9-6-8-20-7-4-5-10-22(20)21)18-23(24)25(28-30)26(31)27-13-16-32-3/h4-10,19H,11-18H2,1-3H3,(H,27,31). The molecule has 1 aromatic heterocycles. The van der Waals surface area contributed by atoms with Crippen molar-refractivity contribution in [1.82, 2.24) is 20.0 Å². The summed E-state index contributed by atoms with van der Waals surface area (Å²) in [6, 6.07) is 15.0. The van der Waals surface area contributed by atoms with Crippen LogP contribution in [0.2, 0.25) is 0 Å². The Morgan fingerprint density at radius 2 is 2.00 bits per heavy atom. The Morgan fingerprint density at radius 1 is 1.19 bits per heavy atom. The molecule has 4 rings (SSSR count). The summed E-state index contributed by atoms with van der Waals surface area (Å²) in [4.78, 5) is 15.4. The number of amides is 1. The molecule has 0 saturated carbocycles. The largest absolute Gasteiger partial charge is 0.383 e. The quantitative estimate of drug-likeness (QED) is 0.517. The van der Waals surface area contributed by atoms with Crippen molar-refractivity contribution in [1.29, 1.82) is 0 Å². The van der Waals surface area contributed by atoms with Crippen molar-refractivity contribution in [3.05, 3.63) is 65.0 Å². The first kappa shape index (κ1) is 22.5. The molecule has 170 valence electrons. The molecule has 1 N–H and O–H groups in total. The number of hydrogen-bond donors (Lipinski definition) is 1. The maximum absolute atomic E-state index is 12.9. The molecule has 2 aromatic carbocycles. The van der Waals surface area contributed by atoms with E-state index in [1.165, 1.54) is 22.0 Å². The highest BCUT2D eigenvalue weighted by Crippen LogP contribution is 2.27. The number of nitrogens with zero attached hydrogens (tertiary/aromatic N) is 3. The molecule has 32 heavy (non-hydrogen) atoms. The van der Waals surface area contributed by atoms with E-state index < -0.39 is 0 Å². The van der Waals surface area contributed by atoms with Crippen molar-refractivity contribution in [3.63, 3.8) is 0 Å². The summed E-state index contributed by atoms with van der Waals surface area (Å²) >= 11 is 0. The summed E-state index contributed by atoms with van der Waals surface area (Å²) in [5.41, 5.74) is 4.19. The summed E-state index contributed by atoms with van der Waals surface area (Å²) in [6.07, 6.45) is 1.97. The van der Waals surface area contributed by atoms with Gasteiger partial charge in [0, 0.05) is 57.5 Å². The zero-order chi connectivity index (χ0) is 22.5. The van der Waals surface area contributed by atoms with Gasteiger partial charge in [0.1, 0.15) is 0 Å². The van der Waals surface area contributed by atoms with E-state index in [0.717, 1.165) is 44.6 Å². The van der Waals surface area contributed by atoms with E-state index in [-0.39, 0.29) is 5.91 Å². The third kappa shape index (κ3) is 5.03. The zero-order valence-electron chi connectivity index (χ0n) is 19.4. The number of ether oxygens (including phenoxy) is 1. The number of rotatable bonds is 9. The molecule has 0 aliphatic carbocycles. The molecule has 6 heteroatoms. The fraction of sp³-hybridized carbons (Fsp3) is 0.462. The first-order valence-electron chi connectivity index (χ1n) is 11.6. The van der Waals surface area contributed by atoms with E-state index in [0.29, 0.717) is 24.8 Å². The smallest absolute Gasteiger partial charge is 0.272 e. The van der Waals surface area contributed by atoms with E-state index in [9.17, 15) is 4.79 Å². The van der Waals surface area contributed by atoms with E-state index in [4.69, 9.17) is 9.84 Å². The van der Waals surface area contributed by atoms with Gasteiger partial charge < -0.3 is 10.1 Å². The van der Waals surface area contributed by atoms with Crippen LogP contribution in [0.25, 0.3) is 10.8 Å². The average Bonchev–Trinajstić information content (AvgIpc) is 3.16. The minimum absolute atomic E-state index is 0.103. The maximum atomic E-state index is 12.9. The normalized spacial score (nSPS) is 14.1. The third-order valence-electron chi connectivity index (χ3n) is 6.21. The topological polar surface area (TPSA) is 59.4 Å². The number of methoxy groups -OCH3 is 1. The van der Waals surface area contributed by atoms with Crippen LogP contribution in [-0.4, -0.2) is 47.4 Å². The summed E-state index contributed by atoms with van der Waals surface area (Å²) in [5, 5.41) is 10.3. The molecule has 0 unspecified atom stereocenters. The fourth-order valence-electron chi connectivity index (χ4n) is 4.45. The summed E-state index contributed by atoms with van der Waals surface area (Å²) in [5.74, 6) is 0.494. The predicted octanol–water partition coefficient (Wildman–Crippen LogP) is 4.02. The van der Waals surface area contributed by atoms with Crippen LogP contribution in [0.1, 0.15) is 47.6 Å². The van der Waals surface area contributed by atoms with Crippen LogP contribution in [0.3, 0.4) is 0 Å². The second-order valence-corrected chi connectivity index (χ2v) is 9.03. The number of aromatic nitrogens is 2. The molecule has 6 nitrogen and oxygen atoms in total. The Morgan fingerprint density at radius 3 is 2.81 bits per heavy atom. The second kappa shape index (κ2) is 10.3. The number of nitrogens with one attached hydrogen (secondary N) is 1. The zero-order valence-corrected chi connectivity index (χ0v) is 19.4. The van der Waals surface area contributed by atoms with Crippen LogP contribution < -0.4 is 5.32 Å². The van der Waals surface area contributed by atoms with Gasteiger partial charge in [-0.1, -0.05) is 56.3 Å². The van der Waals surface area contributed by atoms with Crippen LogP contribution in [-0.2, 0) is 30.8 Å². The number of benzene rings is 2. The lowest BCUT2D eigenvalue weighted by Crippen LogP contribution is -2.33. The lowest BCUT2D eigenvalue weighted by molar-refractivity contribution is 0.0929. The molecule has 2 heterocycles. The number of hydrogen-bond acceptors (Lipinski definition) is 4. The van der Waals surface area contributed by atoms with Crippen molar-refractivity contribution >= 4 is 16.7 Å². The minimum atomic E-state index is -0.103. The second-order valence-electron chi connectivity index (χ2n) is 9.03. The number of aryl methyl sites for hydroxylation is 1. The van der Waals surface area contributed by atoms with Crippen LogP contribution in [0.15, 0.2) is 42.5 Å². The van der Waals surface area contributed by atoms with Gasteiger partial charge in [0.25, 0.3) is 5.91 Å². The number of carbonyl (C=O) groups is 1. The van der Waals surface area contributed by atoms with Crippen molar-refractivity contribution < 1.29 is 9.53 Å². The predicted molar refractivity (Wildman–Crippen MR) is 128 cm³/mol. The molecule has 0 atom stereocenters. The van der Waals surface area contributed by atoms with E-state index >= 15 is 0 Å². The summed E-state index contributed by atoms with van der Waals surface area (Å²) < 4.78 is 7.16. The highest BCUT2D eigenvalue weighted by Gasteiger charge is 2.28. The molecule has 1 aliphatic rings. The molecule has 1 amide bonds. The van der Waals surface area contributed by atoms with Gasteiger partial charge in [-0.25, -0.2) is 0 Å². The first-order chi connectivity index (χ1) is 15.6. The minimum Gasteiger partial charge on any atom is -0.383 e. The number of fused-ring (bicyclic) bond motifs is 2. The van der Waals surface area contributed by atoms with Gasteiger partial charge in [0.05, 0.1) is 6.61 Å². The van der Waals surface area contributed by atoms with Gasteiger partial charge in [-0.05, 0) is 28.7 Å². The Bertz CT molecular complexity index is 1070. The van der Waals surface area contributed by atoms with Crippen molar-refractivity contribution in [2.45, 2.75) is 46.3 Å². The molecular formula is C26H34N4O2. The Balaban J connectivity index is 1.57. The Kier molecular flexibility index (Phi) is 7.22. The van der Waals surface area contributed by atoms with Crippen LogP contribution in [0.4, 0.5) is 0 Å². The third-order valence-corrected chi connectivity index (χ3v) is 6.21. The lowest BCUT2D eigenvalue weighted by atomic mass is 10.0. The van der Waals surface area contributed by atoms with E-state index in [1.54, 1.807) is 7.11 Å². The summed E-state index contributed by atoms with van der Waals surface area (Å²) in [6.45, 7) is 8.86. The molecule has 1 aliphatic heterocycles. The van der Waals surface area contributed by atoms with Gasteiger partial charge in [-0.3, -0.25) is 14.4 Å². The monoisotopic (exact) mass is 434 g/mol. The first-order valence-corrected chi connectivity index (χ1v) is 11.6. The molecule has 3 aromatic rings. The lowest BCUT2D eigenvalue weighted by Gasteiger charge is -2.28. The van der Waals surface area contributed by atoms with Crippen LogP contribution in [0, 0.1) is 5.92 Å². The SMILES string of the molecule is COCCNC(=O)c1nn(CCC(C)C)c2c1CN(Cc1cccc3ccccc13)CC2. The van der Waals surface area contributed by atoms with Gasteiger partial charge in [0.2, 0.25) is 0 Å². The highest BCUT2D eigenvalue weighted by atomic mass is 16.5. The highest BCUT2D eigenvalue weighted by molar-refractivity contribution is 5.94. The number of carbonyl (C=O) groups excluding carboxylic acids is 1. The van der Waals surface area contributed by atoms with Gasteiger partial charge in [-0.15, -0.1) is 0 Å². The molecule has 0 bridgehead atoms. The van der Waals surface area contributed by atoms with Crippen molar-refractivity contribution in [3.8, 4) is 0 Å². The van der Waals surface area contributed by atoms with E-state index in [2.05, 4.69) is 71.2 Å². The van der Waals surface area contributed by atoms with Crippen molar-refractivity contribution in [2.24, 2.45) is 5.92 Å². The Labute approximate surface area is 190 Å². The van der Waals surface area contributed by atoms with Crippen LogP contribution >= 0.6 is 0 Å². The average molecular weight is 435 g/mol. The summed E-state index contributed by atoms with van der Waals surface area (Å²) in [7, 11) is 1.64. The molecule has 0 saturated heterocycles. The molecule has 0 radical (unpaired) electrons. The van der Waals surface area contributed by atoms with Gasteiger partial charge in [0.15, 0.2) is 5.69 Å². The van der Waals surface area contributed by atoms with Crippen LogP contribution in [0.5, 0.6) is 0 Å². The molecule has 0 fully saturated rings. The van der Waals surface area contributed by atoms with E-state index in [1.807, 2.05) is 0 Å².